The highest BCUT2D eigenvalue weighted by molar-refractivity contribution is 5.93. The van der Waals surface area contributed by atoms with Gasteiger partial charge < -0.3 is 24.3 Å². The molecule has 0 aliphatic heterocycles. The third-order valence-electron chi connectivity index (χ3n) is 7.16. The van der Waals surface area contributed by atoms with Crippen LogP contribution in [0, 0.1) is 0 Å². The predicted molar refractivity (Wildman–Crippen MR) is 174 cm³/mol. The second kappa shape index (κ2) is 14.4. The highest BCUT2D eigenvalue weighted by Gasteiger charge is 2.14. The first-order valence-corrected chi connectivity index (χ1v) is 14.7. The summed E-state index contributed by atoms with van der Waals surface area (Å²) in [5, 5.41) is 13.1. The average molecular weight is 603 g/mol. The van der Waals surface area contributed by atoms with Crippen molar-refractivity contribution in [2.45, 2.75) is 6.42 Å². The molecule has 2 aromatic heterocycles. The van der Waals surface area contributed by atoms with Gasteiger partial charge in [-0.05, 0) is 47.9 Å². The summed E-state index contributed by atoms with van der Waals surface area (Å²) in [7, 11) is 3.27. The van der Waals surface area contributed by atoms with Gasteiger partial charge >= 0.3 is 0 Å². The number of rotatable bonds is 14. The van der Waals surface area contributed by atoms with Crippen molar-refractivity contribution in [2.24, 2.45) is 0 Å². The van der Waals surface area contributed by atoms with Crippen molar-refractivity contribution in [1.29, 1.82) is 0 Å². The van der Waals surface area contributed by atoms with E-state index in [4.69, 9.17) is 18.9 Å². The lowest BCUT2D eigenvalue weighted by molar-refractivity contribution is 0.132. The number of benzene rings is 4. The molecule has 0 atom stereocenters. The summed E-state index contributed by atoms with van der Waals surface area (Å²) in [5.41, 5.74) is 6.70. The Morgan fingerprint density at radius 2 is 1.44 bits per heavy atom. The van der Waals surface area contributed by atoms with Gasteiger partial charge in [0.2, 0.25) is 0 Å². The van der Waals surface area contributed by atoms with Crippen molar-refractivity contribution >= 4 is 22.4 Å². The summed E-state index contributed by atoms with van der Waals surface area (Å²) in [4.78, 5) is 9.00. The van der Waals surface area contributed by atoms with Crippen LogP contribution in [0.4, 0.5) is 11.5 Å². The number of aromatic nitrogens is 5. The highest BCUT2D eigenvalue weighted by Crippen LogP contribution is 2.35. The molecule has 0 fully saturated rings. The lowest BCUT2D eigenvalue weighted by atomic mass is 10.0. The number of nitrogens with one attached hydrogen (secondary N) is 1. The molecule has 6 aromatic rings. The summed E-state index contributed by atoms with van der Waals surface area (Å²) in [6, 6.07) is 30.5. The molecule has 45 heavy (non-hydrogen) atoms. The fraction of sp³-hybridized carbons (Fsp3) is 0.200. The predicted octanol–water partition coefficient (Wildman–Crippen LogP) is 6.26. The summed E-state index contributed by atoms with van der Waals surface area (Å²) < 4.78 is 24.0. The molecule has 0 spiro atoms. The number of nitrogens with zero attached hydrogens (tertiary/aromatic N) is 5. The van der Waals surface area contributed by atoms with E-state index >= 15 is 0 Å². The number of ether oxygens (including phenoxy) is 4. The maximum absolute atomic E-state index is 5.98. The molecule has 6 rings (SSSR count). The molecule has 0 aliphatic rings. The van der Waals surface area contributed by atoms with Gasteiger partial charge in [0.15, 0.2) is 11.5 Å². The van der Waals surface area contributed by atoms with Crippen LogP contribution in [-0.2, 0) is 15.9 Å². The molecule has 0 amide bonds. The van der Waals surface area contributed by atoms with Crippen molar-refractivity contribution in [3.05, 3.63) is 115 Å². The van der Waals surface area contributed by atoms with Gasteiger partial charge in [-0.1, -0.05) is 59.8 Å². The minimum Gasteiger partial charge on any atom is -0.487 e. The molecule has 228 valence electrons. The number of fused-ring (bicyclic) bond motifs is 1. The van der Waals surface area contributed by atoms with Gasteiger partial charge in [0, 0.05) is 36.9 Å². The molecule has 0 aliphatic carbocycles. The summed E-state index contributed by atoms with van der Waals surface area (Å²) in [6.45, 7) is 1.66. The van der Waals surface area contributed by atoms with Crippen molar-refractivity contribution in [3.63, 3.8) is 0 Å². The van der Waals surface area contributed by atoms with Crippen LogP contribution in [-0.4, -0.2) is 65.6 Å². The minimum absolute atomic E-state index is 0.375. The zero-order valence-electron chi connectivity index (χ0n) is 25.2. The first-order chi connectivity index (χ1) is 22.2. The van der Waals surface area contributed by atoms with Crippen LogP contribution in [0.25, 0.3) is 27.8 Å². The fourth-order valence-electron chi connectivity index (χ4n) is 4.87. The van der Waals surface area contributed by atoms with E-state index < -0.39 is 0 Å². The molecule has 1 N–H and O–H groups in total. The summed E-state index contributed by atoms with van der Waals surface area (Å²) in [6.07, 6.45) is 4.34. The Morgan fingerprint density at radius 1 is 0.711 bits per heavy atom. The van der Waals surface area contributed by atoms with Gasteiger partial charge in [-0.25, -0.2) is 14.6 Å². The Kier molecular flexibility index (Phi) is 9.54. The zero-order chi connectivity index (χ0) is 30.8. The summed E-state index contributed by atoms with van der Waals surface area (Å²) in [5.74, 6) is 1.79. The van der Waals surface area contributed by atoms with Gasteiger partial charge in [0.05, 0.1) is 30.6 Å². The highest BCUT2D eigenvalue weighted by atomic mass is 16.5. The normalized spacial score (nSPS) is 11.1. The minimum atomic E-state index is 0.375. The molecule has 2 heterocycles. The van der Waals surface area contributed by atoms with E-state index in [1.54, 1.807) is 18.9 Å². The number of methoxy groups -OCH3 is 2. The first-order valence-electron chi connectivity index (χ1n) is 14.7. The molecule has 0 bridgehead atoms. The first kappa shape index (κ1) is 29.7. The SMILES string of the molecule is COCCOc1cc2ncnc(Nc3cccc(-c4cn(-c5ccc(Cc6ccccc6)cc5)nn4)c3)c2cc1OCCOC. The largest absolute Gasteiger partial charge is 0.487 e. The van der Waals surface area contributed by atoms with E-state index in [1.165, 1.54) is 17.5 Å². The molecule has 4 aromatic carbocycles. The van der Waals surface area contributed by atoms with E-state index in [1.807, 2.05) is 48.7 Å². The van der Waals surface area contributed by atoms with Crippen LogP contribution < -0.4 is 14.8 Å². The second-order valence-corrected chi connectivity index (χ2v) is 10.3. The topological polar surface area (TPSA) is 105 Å². The van der Waals surface area contributed by atoms with Crippen LogP contribution in [0.3, 0.4) is 0 Å². The van der Waals surface area contributed by atoms with E-state index in [0.717, 1.165) is 34.4 Å². The Morgan fingerprint density at radius 3 is 2.20 bits per heavy atom. The van der Waals surface area contributed by atoms with Crippen molar-refractivity contribution < 1.29 is 18.9 Å². The molecule has 0 unspecified atom stereocenters. The molecule has 0 saturated heterocycles. The average Bonchev–Trinajstić information content (AvgIpc) is 3.57. The van der Waals surface area contributed by atoms with E-state index in [0.29, 0.717) is 49.3 Å². The smallest absolute Gasteiger partial charge is 0.163 e. The molecular weight excluding hydrogens is 568 g/mol. The molecule has 10 heteroatoms. The molecule has 0 saturated carbocycles. The molecule has 0 radical (unpaired) electrons. The van der Waals surface area contributed by atoms with Gasteiger partial charge in [0.25, 0.3) is 0 Å². The van der Waals surface area contributed by atoms with Crippen molar-refractivity contribution in [3.8, 4) is 28.4 Å². The van der Waals surface area contributed by atoms with E-state index in [2.05, 4.69) is 74.1 Å². The van der Waals surface area contributed by atoms with Crippen LogP contribution in [0.1, 0.15) is 11.1 Å². The maximum Gasteiger partial charge on any atom is 0.163 e. The van der Waals surface area contributed by atoms with Crippen LogP contribution in [0.2, 0.25) is 0 Å². The quantitative estimate of drug-likeness (QED) is 0.145. The van der Waals surface area contributed by atoms with Crippen molar-refractivity contribution in [1.82, 2.24) is 25.0 Å². The molecular formula is C35H34N6O4. The Balaban J connectivity index is 1.21. The Hall–Kier alpha value is -5.32. The van der Waals surface area contributed by atoms with Crippen LogP contribution >= 0.6 is 0 Å². The van der Waals surface area contributed by atoms with E-state index in [9.17, 15) is 0 Å². The lowest BCUT2D eigenvalue weighted by Gasteiger charge is -2.15. The third kappa shape index (κ3) is 7.43. The molecule has 10 nitrogen and oxygen atoms in total. The van der Waals surface area contributed by atoms with Gasteiger partial charge in [0.1, 0.15) is 31.1 Å². The maximum atomic E-state index is 5.98. The third-order valence-corrected chi connectivity index (χ3v) is 7.16. The van der Waals surface area contributed by atoms with E-state index in [-0.39, 0.29) is 0 Å². The fourth-order valence-corrected chi connectivity index (χ4v) is 4.87. The number of hydrogen-bond donors (Lipinski definition) is 1. The van der Waals surface area contributed by atoms with Gasteiger partial charge in [-0.2, -0.15) is 0 Å². The van der Waals surface area contributed by atoms with Gasteiger partial charge in [-0.15, -0.1) is 5.10 Å². The second-order valence-electron chi connectivity index (χ2n) is 10.3. The number of anilines is 2. The van der Waals surface area contributed by atoms with Crippen molar-refractivity contribution in [2.75, 3.05) is 46.0 Å². The number of hydrogen-bond acceptors (Lipinski definition) is 9. The van der Waals surface area contributed by atoms with Crippen LogP contribution in [0.5, 0.6) is 11.5 Å². The standard InChI is InChI=1S/C35H34N6O4/c1-42-15-17-44-33-21-30-31(22-34(33)45-18-16-43-2)36-24-37-35(30)38-28-10-6-9-27(20-28)32-23-41(40-39-32)29-13-11-26(12-14-29)19-25-7-4-3-5-8-25/h3-14,20-24H,15-19H2,1-2H3,(H,36,37,38). The lowest BCUT2D eigenvalue weighted by Crippen LogP contribution is -2.09. The monoisotopic (exact) mass is 602 g/mol. The van der Waals surface area contributed by atoms with Crippen LogP contribution in [0.15, 0.2) is 104 Å². The Labute approximate surface area is 261 Å². The van der Waals surface area contributed by atoms with Gasteiger partial charge in [-0.3, -0.25) is 0 Å². The Bertz CT molecular complexity index is 1840. The summed E-state index contributed by atoms with van der Waals surface area (Å²) >= 11 is 0. The zero-order valence-corrected chi connectivity index (χ0v) is 25.2.